The number of hydrogen-bond donors (Lipinski definition) is 1. The molecule has 27 heavy (non-hydrogen) atoms. The lowest BCUT2D eigenvalue weighted by molar-refractivity contribution is -0.121. The quantitative estimate of drug-likeness (QED) is 0.646. The number of nitrogens with zero attached hydrogens (tertiary/aromatic N) is 1. The Kier molecular flexibility index (Phi) is 7.67. The molecule has 2 aromatic carbocycles. The van der Waals surface area contributed by atoms with Gasteiger partial charge in [0.25, 0.3) is 0 Å². The minimum absolute atomic E-state index is 0.124. The molecule has 1 amide bonds. The van der Waals surface area contributed by atoms with Crippen LogP contribution in [0.25, 0.3) is 0 Å². The van der Waals surface area contributed by atoms with Crippen LogP contribution in [0, 0.1) is 5.82 Å². The lowest BCUT2D eigenvalue weighted by Crippen LogP contribution is -2.48. The standard InChI is InChI=1S/C19H23FN2O3S2/c1-15(22(27(2,24)25)18-10-6-9-17(20)13-18)19(23)21-11-12-26-14-16-7-4-3-5-8-16/h3-10,13,15H,11-12,14H2,1-2H3,(H,21,23)/t15-/m0/s1. The van der Waals surface area contributed by atoms with E-state index in [1.54, 1.807) is 11.8 Å². The van der Waals surface area contributed by atoms with Crippen LogP contribution in [-0.2, 0) is 20.6 Å². The molecule has 0 spiro atoms. The first-order chi connectivity index (χ1) is 12.8. The number of nitrogens with one attached hydrogen (secondary N) is 1. The van der Waals surface area contributed by atoms with Crippen LogP contribution < -0.4 is 9.62 Å². The van der Waals surface area contributed by atoms with Crippen molar-refractivity contribution < 1.29 is 17.6 Å². The van der Waals surface area contributed by atoms with Gasteiger partial charge < -0.3 is 5.32 Å². The van der Waals surface area contributed by atoms with Crippen molar-refractivity contribution >= 4 is 33.4 Å². The Morgan fingerprint density at radius 3 is 2.52 bits per heavy atom. The number of benzene rings is 2. The molecule has 5 nitrogen and oxygen atoms in total. The third-order valence-corrected chi connectivity index (χ3v) is 6.08. The topological polar surface area (TPSA) is 66.5 Å². The number of rotatable bonds is 9. The lowest BCUT2D eigenvalue weighted by atomic mass is 10.2. The summed E-state index contributed by atoms with van der Waals surface area (Å²) in [5.41, 5.74) is 1.33. The number of carbonyl (C=O) groups excluding carboxylic acids is 1. The van der Waals surface area contributed by atoms with Crippen LogP contribution in [0.3, 0.4) is 0 Å². The third-order valence-electron chi connectivity index (χ3n) is 3.81. The van der Waals surface area contributed by atoms with Crippen molar-refractivity contribution in [3.8, 4) is 0 Å². The number of sulfonamides is 1. The third kappa shape index (κ3) is 6.55. The van der Waals surface area contributed by atoms with E-state index in [0.29, 0.717) is 12.3 Å². The highest BCUT2D eigenvalue weighted by atomic mass is 32.2. The van der Waals surface area contributed by atoms with E-state index in [1.807, 2.05) is 30.3 Å². The second-order valence-electron chi connectivity index (χ2n) is 6.04. The van der Waals surface area contributed by atoms with Gasteiger partial charge in [0.1, 0.15) is 11.9 Å². The van der Waals surface area contributed by atoms with Gasteiger partial charge in [0.15, 0.2) is 0 Å². The van der Waals surface area contributed by atoms with Crippen LogP contribution in [-0.4, -0.2) is 38.9 Å². The normalized spacial score (nSPS) is 12.4. The van der Waals surface area contributed by atoms with Crippen molar-refractivity contribution in [1.82, 2.24) is 5.32 Å². The summed E-state index contributed by atoms with van der Waals surface area (Å²) in [6, 6.07) is 14.2. The fraction of sp³-hybridized carbons (Fsp3) is 0.316. The summed E-state index contributed by atoms with van der Waals surface area (Å²) in [5.74, 6) is 0.549. The van der Waals surface area contributed by atoms with Gasteiger partial charge in [-0.3, -0.25) is 9.10 Å². The summed E-state index contributed by atoms with van der Waals surface area (Å²) in [4.78, 5) is 12.4. The maximum Gasteiger partial charge on any atom is 0.243 e. The highest BCUT2D eigenvalue weighted by molar-refractivity contribution is 7.98. The van der Waals surface area contributed by atoms with E-state index >= 15 is 0 Å². The summed E-state index contributed by atoms with van der Waals surface area (Å²) >= 11 is 1.68. The highest BCUT2D eigenvalue weighted by Gasteiger charge is 2.29. The Labute approximate surface area is 164 Å². The van der Waals surface area contributed by atoms with Crippen molar-refractivity contribution in [2.45, 2.75) is 18.7 Å². The smallest absolute Gasteiger partial charge is 0.243 e. The minimum atomic E-state index is -3.75. The van der Waals surface area contributed by atoms with Crippen molar-refractivity contribution in [1.29, 1.82) is 0 Å². The molecule has 0 aliphatic carbocycles. The van der Waals surface area contributed by atoms with E-state index in [4.69, 9.17) is 0 Å². The number of amides is 1. The monoisotopic (exact) mass is 410 g/mol. The van der Waals surface area contributed by atoms with Crippen LogP contribution in [0.1, 0.15) is 12.5 Å². The number of hydrogen-bond acceptors (Lipinski definition) is 4. The molecule has 2 rings (SSSR count). The molecule has 0 bridgehead atoms. The molecule has 0 aromatic heterocycles. The van der Waals surface area contributed by atoms with Crippen molar-refractivity contribution in [3.05, 3.63) is 66.0 Å². The predicted molar refractivity (Wildman–Crippen MR) is 109 cm³/mol. The number of halogens is 1. The maximum atomic E-state index is 13.5. The van der Waals surface area contributed by atoms with Gasteiger partial charge in [0.2, 0.25) is 15.9 Å². The highest BCUT2D eigenvalue weighted by Crippen LogP contribution is 2.21. The molecule has 0 unspecified atom stereocenters. The largest absolute Gasteiger partial charge is 0.353 e. The molecular weight excluding hydrogens is 387 g/mol. The zero-order valence-corrected chi connectivity index (χ0v) is 16.9. The Bertz CT molecular complexity index is 860. The van der Waals surface area contributed by atoms with Gasteiger partial charge in [-0.15, -0.1) is 0 Å². The first kappa shape index (κ1) is 21.2. The molecule has 0 radical (unpaired) electrons. The van der Waals surface area contributed by atoms with Crippen molar-refractivity contribution in [3.63, 3.8) is 0 Å². The van der Waals surface area contributed by atoms with Crippen molar-refractivity contribution in [2.24, 2.45) is 0 Å². The van der Waals surface area contributed by atoms with Gasteiger partial charge in [-0.05, 0) is 30.7 Å². The SMILES string of the molecule is C[C@@H](C(=O)NCCSCc1ccccc1)N(c1cccc(F)c1)S(C)(=O)=O. The van der Waals surface area contributed by atoms with E-state index in [0.717, 1.165) is 22.4 Å². The number of carbonyl (C=O) groups is 1. The second-order valence-corrected chi connectivity index (χ2v) is 9.01. The molecule has 0 fully saturated rings. The fourth-order valence-corrected chi connectivity index (χ4v) is 4.57. The molecule has 0 aliphatic heterocycles. The van der Waals surface area contributed by atoms with Gasteiger partial charge in [0, 0.05) is 18.1 Å². The van der Waals surface area contributed by atoms with E-state index in [2.05, 4.69) is 5.32 Å². The summed E-state index contributed by atoms with van der Waals surface area (Å²) in [5, 5.41) is 2.75. The van der Waals surface area contributed by atoms with Crippen molar-refractivity contribution in [2.75, 3.05) is 22.9 Å². The number of anilines is 1. The average molecular weight is 411 g/mol. The van der Waals surface area contributed by atoms with Crippen LogP contribution in [0.4, 0.5) is 10.1 Å². The molecule has 0 saturated carbocycles. The van der Waals surface area contributed by atoms with E-state index in [1.165, 1.54) is 30.7 Å². The molecule has 1 atom stereocenters. The Hall–Kier alpha value is -2.06. The Morgan fingerprint density at radius 2 is 1.89 bits per heavy atom. The van der Waals surface area contributed by atoms with Gasteiger partial charge in [0.05, 0.1) is 11.9 Å². The minimum Gasteiger partial charge on any atom is -0.353 e. The van der Waals surface area contributed by atoms with Crippen LogP contribution >= 0.6 is 11.8 Å². The summed E-state index contributed by atoms with van der Waals surface area (Å²) in [6.45, 7) is 1.90. The molecular formula is C19H23FN2O3S2. The van der Waals surface area contributed by atoms with Crippen LogP contribution in [0.15, 0.2) is 54.6 Å². The van der Waals surface area contributed by atoms with E-state index in [-0.39, 0.29) is 5.69 Å². The summed E-state index contributed by atoms with van der Waals surface area (Å²) < 4.78 is 38.7. The number of thioether (sulfide) groups is 1. The zero-order chi connectivity index (χ0) is 19.9. The summed E-state index contributed by atoms with van der Waals surface area (Å²) in [7, 11) is -3.75. The predicted octanol–water partition coefficient (Wildman–Crippen LogP) is 3.03. The average Bonchev–Trinajstić information content (AvgIpc) is 2.61. The molecule has 0 heterocycles. The summed E-state index contributed by atoms with van der Waals surface area (Å²) in [6.07, 6.45) is 0.997. The first-order valence-corrected chi connectivity index (χ1v) is 11.4. The first-order valence-electron chi connectivity index (χ1n) is 8.43. The van der Waals surface area contributed by atoms with Crippen LogP contribution in [0.2, 0.25) is 0 Å². The van der Waals surface area contributed by atoms with E-state index < -0.39 is 27.8 Å². The molecule has 0 saturated heterocycles. The fourth-order valence-electron chi connectivity index (χ4n) is 2.58. The lowest BCUT2D eigenvalue weighted by Gasteiger charge is -2.28. The molecule has 1 N–H and O–H groups in total. The molecule has 146 valence electrons. The molecule has 0 aliphatic rings. The Morgan fingerprint density at radius 1 is 1.19 bits per heavy atom. The Balaban J connectivity index is 1.91. The van der Waals surface area contributed by atoms with Gasteiger partial charge in [-0.25, -0.2) is 12.8 Å². The van der Waals surface area contributed by atoms with Gasteiger partial charge in [-0.2, -0.15) is 11.8 Å². The second kappa shape index (κ2) is 9.75. The van der Waals surface area contributed by atoms with Gasteiger partial charge in [-0.1, -0.05) is 36.4 Å². The molecule has 2 aromatic rings. The van der Waals surface area contributed by atoms with Gasteiger partial charge >= 0.3 is 0 Å². The van der Waals surface area contributed by atoms with E-state index in [9.17, 15) is 17.6 Å². The molecule has 8 heteroatoms. The van der Waals surface area contributed by atoms with Crippen LogP contribution in [0.5, 0.6) is 0 Å². The maximum absolute atomic E-state index is 13.5. The zero-order valence-electron chi connectivity index (χ0n) is 15.3.